The van der Waals surface area contributed by atoms with E-state index in [1.165, 1.54) is 6.20 Å². The number of carbonyl (C=O) groups is 1. The highest BCUT2D eigenvalue weighted by atomic mass is 35.5. The van der Waals surface area contributed by atoms with Gasteiger partial charge in [-0.2, -0.15) is 5.26 Å². The second kappa shape index (κ2) is 7.57. The molecule has 0 aliphatic rings. The van der Waals surface area contributed by atoms with Gasteiger partial charge in [-0.1, -0.05) is 11.6 Å². The van der Waals surface area contributed by atoms with E-state index in [1.54, 1.807) is 18.3 Å². The van der Waals surface area contributed by atoms with E-state index in [9.17, 15) is 14.9 Å². The molecule has 0 aliphatic heterocycles. The van der Waals surface area contributed by atoms with Crippen LogP contribution in [-0.4, -0.2) is 21.0 Å². The van der Waals surface area contributed by atoms with Gasteiger partial charge >= 0.3 is 5.97 Å². The Bertz CT molecular complexity index is 698. The summed E-state index contributed by atoms with van der Waals surface area (Å²) in [7, 11) is 0. The summed E-state index contributed by atoms with van der Waals surface area (Å²) < 4.78 is 0. The number of nitro benzene ring substituents is 1. The average Bonchev–Trinajstić information content (AvgIpc) is 2.48. The largest absolute Gasteiger partial charge is 0.478 e. The van der Waals surface area contributed by atoms with Crippen LogP contribution < -0.4 is 0 Å². The predicted octanol–water partition coefficient (Wildman–Crippen LogP) is 2.90. The van der Waals surface area contributed by atoms with Crippen molar-refractivity contribution in [1.29, 1.82) is 5.26 Å². The molecule has 1 N–H and O–H groups in total. The number of nitro groups is 1. The first-order valence-electron chi connectivity index (χ1n) is 5.43. The molecule has 0 bridgehead atoms. The predicted molar refractivity (Wildman–Crippen MR) is 74.0 cm³/mol. The number of non-ortho nitro benzene ring substituents is 1. The van der Waals surface area contributed by atoms with Gasteiger partial charge in [0.25, 0.3) is 5.69 Å². The minimum atomic E-state index is -1.21. The van der Waals surface area contributed by atoms with E-state index in [0.29, 0.717) is 5.56 Å². The van der Waals surface area contributed by atoms with Crippen molar-refractivity contribution >= 4 is 23.3 Å². The molecule has 21 heavy (non-hydrogen) atoms. The molecular weight excluding hydrogens is 298 g/mol. The zero-order chi connectivity index (χ0) is 15.8. The van der Waals surface area contributed by atoms with Gasteiger partial charge in [0.1, 0.15) is 6.07 Å². The zero-order valence-electron chi connectivity index (χ0n) is 10.4. The third kappa shape index (κ3) is 4.89. The topological polar surface area (TPSA) is 117 Å². The molecule has 0 saturated carbocycles. The summed E-state index contributed by atoms with van der Waals surface area (Å²) in [6, 6.07) is 8.61. The van der Waals surface area contributed by atoms with Gasteiger partial charge in [0, 0.05) is 24.5 Å². The number of rotatable bonds is 2. The summed E-state index contributed by atoms with van der Waals surface area (Å²) in [6.07, 6.45) is 3.17. The van der Waals surface area contributed by atoms with Crippen molar-refractivity contribution < 1.29 is 14.8 Å². The van der Waals surface area contributed by atoms with Crippen LogP contribution in [0, 0.1) is 21.4 Å². The van der Waals surface area contributed by atoms with E-state index in [4.69, 9.17) is 22.0 Å². The number of benzene rings is 1. The molecule has 0 aliphatic carbocycles. The Labute approximate surface area is 124 Å². The fourth-order valence-corrected chi connectivity index (χ4v) is 1.48. The third-order valence-electron chi connectivity index (χ3n) is 2.18. The van der Waals surface area contributed by atoms with Crippen LogP contribution in [0.1, 0.15) is 15.9 Å². The normalized spacial score (nSPS) is 8.95. The summed E-state index contributed by atoms with van der Waals surface area (Å²) in [5.41, 5.74) is 0.231. The van der Waals surface area contributed by atoms with E-state index < -0.39 is 10.9 Å². The van der Waals surface area contributed by atoms with Crippen LogP contribution in [0.4, 0.5) is 5.69 Å². The molecule has 7 nitrogen and oxygen atoms in total. The number of halogens is 1. The number of hydrogen-bond acceptors (Lipinski definition) is 5. The second-order valence-electron chi connectivity index (χ2n) is 3.58. The van der Waals surface area contributed by atoms with Crippen LogP contribution in [0.2, 0.25) is 5.02 Å². The van der Waals surface area contributed by atoms with Crippen LogP contribution in [0.3, 0.4) is 0 Å². The molecule has 0 saturated heterocycles. The molecule has 0 spiro atoms. The zero-order valence-corrected chi connectivity index (χ0v) is 11.2. The van der Waals surface area contributed by atoms with Gasteiger partial charge in [-0.15, -0.1) is 0 Å². The van der Waals surface area contributed by atoms with Gasteiger partial charge in [0.2, 0.25) is 0 Å². The van der Waals surface area contributed by atoms with Crippen LogP contribution in [0.25, 0.3) is 0 Å². The highest BCUT2D eigenvalue weighted by Gasteiger charge is 2.13. The lowest BCUT2D eigenvalue weighted by atomic mass is 10.2. The van der Waals surface area contributed by atoms with Gasteiger partial charge in [0.05, 0.1) is 21.1 Å². The van der Waals surface area contributed by atoms with E-state index in [1.807, 2.05) is 6.07 Å². The molecule has 106 valence electrons. The van der Waals surface area contributed by atoms with Crippen LogP contribution in [0.5, 0.6) is 0 Å². The summed E-state index contributed by atoms with van der Waals surface area (Å²) in [5, 5.41) is 26.9. The quantitative estimate of drug-likeness (QED) is 0.673. The molecule has 0 amide bonds. The number of hydrogen-bond donors (Lipinski definition) is 1. The fraction of sp³-hybridized carbons (Fsp3) is 0. The fourth-order valence-electron chi connectivity index (χ4n) is 1.22. The molecule has 1 aromatic heterocycles. The maximum atomic E-state index is 10.4. The third-order valence-corrected chi connectivity index (χ3v) is 2.50. The Morgan fingerprint density at radius 2 is 2.14 bits per heavy atom. The monoisotopic (exact) mass is 305 g/mol. The van der Waals surface area contributed by atoms with Crippen molar-refractivity contribution in [1.82, 2.24) is 4.98 Å². The number of nitriles is 1. The lowest BCUT2D eigenvalue weighted by molar-refractivity contribution is -0.384. The molecule has 0 unspecified atom stereocenters. The summed E-state index contributed by atoms with van der Waals surface area (Å²) in [5.74, 6) is -1.21. The van der Waals surface area contributed by atoms with Crippen LogP contribution in [0.15, 0.2) is 42.7 Å². The number of pyridine rings is 1. The highest BCUT2D eigenvalue weighted by molar-refractivity contribution is 6.33. The first-order chi connectivity index (χ1) is 9.95. The van der Waals surface area contributed by atoms with Crippen molar-refractivity contribution in [2.24, 2.45) is 0 Å². The van der Waals surface area contributed by atoms with Gasteiger partial charge in [-0.25, -0.2) is 4.79 Å². The number of nitrogens with zero attached hydrogens (tertiary/aromatic N) is 3. The smallest absolute Gasteiger partial charge is 0.337 e. The van der Waals surface area contributed by atoms with Crippen molar-refractivity contribution in [3.8, 4) is 6.07 Å². The minimum absolute atomic E-state index is 0.137. The highest BCUT2D eigenvalue weighted by Crippen LogP contribution is 2.22. The number of carboxylic acid groups (broad SMARTS) is 1. The maximum absolute atomic E-state index is 10.4. The first-order valence-corrected chi connectivity index (χ1v) is 5.81. The van der Waals surface area contributed by atoms with Crippen molar-refractivity contribution in [3.05, 3.63) is 69.0 Å². The Balaban J connectivity index is 0.000000235. The molecule has 2 rings (SSSR count). The summed E-state index contributed by atoms with van der Waals surface area (Å²) >= 11 is 5.48. The van der Waals surface area contributed by atoms with Crippen LogP contribution >= 0.6 is 11.6 Å². The first kappa shape index (κ1) is 16.1. The molecule has 1 aromatic carbocycles. The van der Waals surface area contributed by atoms with E-state index in [0.717, 1.165) is 18.2 Å². The van der Waals surface area contributed by atoms with Gasteiger partial charge in [-0.05, 0) is 18.2 Å². The Morgan fingerprint density at radius 3 is 2.52 bits per heavy atom. The van der Waals surface area contributed by atoms with E-state index in [2.05, 4.69) is 4.98 Å². The molecule has 2 aromatic rings. The molecule has 0 atom stereocenters. The number of aromatic nitrogens is 1. The van der Waals surface area contributed by atoms with E-state index in [-0.39, 0.29) is 16.3 Å². The molecular formula is C13H8ClN3O4. The number of carboxylic acids is 1. The SMILES string of the molecule is N#Cc1cccnc1.O=C(O)c1ccc([N+](=O)[O-])cc1Cl. The maximum Gasteiger partial charge on any atom is 0.337 e. The second-order valence-corrected chi connectivity index (χ2v) is 3.99. The Morgan fingerprint density at radius 1 is 1.43 bits per heavy atom. The van der Waals surface area contributed by atoms with Gasteiger partial charge in [-0.3, -0.25) is 15.1 Å². The summed E-state index contributed by atoms with van der Waals surface area (Å²) in [6.45, 7) is 0. The Hall–Kier alpha value is -2.98. The molecule has 1 heterocycles. The van der Waals surface area contributed by atoms with Gasteiger partial charge < -0.3 is 5.11 Å². The lowest BCUT2D eigenvalue weighted by Crippen LogP contribution is -1.98. The van der Waals surface area contributed by atoms with Crippen LogP contribution in [-0.2, 0) is 0 Å². The minimum Gasteiger partial charge on any atom is -0.478 e. The number of aromatic carboxylic acids is 1. The van der Waals surface area contributed by atoms with Crippen molar-refractivity contribution in [2.45, 2.75) is 0 Å². The molecule has 0 radical (unpaired) electrons. The lowest BCUT2D eigenvalue weighted by Gasteiger charge is -1.97. The average molecular weight is 306 g/mol. The Kier molecular flexibility index (Phi) is 5.80. The van der Waals surface area contributed by atoms with Gasteiger partial charge in [0.15, 0.2) is 0 Å². The molecule has 8 heteroatoms. The van der Waals surface area contributed by atoms with E-state index >= 15 is 0 Å². The van der Waals surface area contributed by atoms with Crippen molar-refractivity contribution in [3.63, 3.8) is 0 Å². The summed E-state index contributed by atoms with van der Waals surface area (Å²) in [4.78, 5) is 23.8. The standard InChI is InChI=1S/C7H4ClNO4.C6H4N2/c8-6-3-4(9(12)13)1-2-5(6)7(10)11;7-4-6-2-1-3-8-5-6/h1-3H,(H,10,11);1-3,5H. The molecule has 0 fully saturated rings. The van der Waals surface area contributed by atoms with Crippen molar-refractivity contribution in [2.75, 3.05) is 0 Å².